The smallest absolute Gasteiger partial charge is 0.157 e. The monoisotopic (exact) mass is 361 g/mol. The van der Waals surface area contributed by atoms with Gasteiger partial charge < -0.3 is 4.98 Å². The van der Waals surface area contributed by atoms with Gasteiger partial charge in [0.25, 0.3) is 0 Å². The Morgan fingerprint density at radius 2 is 1.32 bits per heavy atom. The first kappa shape index (κ1) is 16.5. The van der Waals surface area contributed by atoms with E-state index >= 15 is 0 Å². The molecule has 2 aromatic heterocycles. The van der Waals surface area contributed by atoms with Gasteiger partial charge in [-0.25, -0.2) is 9.97 Å². The Bertz CT molecular complexity index is 1220. The Kier molecular flexibility index (Phi) is 3.99. The number of benzene rings is 3. The second kappa shape index (κ2) is 6.78. The third-order valence-electron chi connectivity index (χ3n) is 4.91. The van der Waals surface area contributed by atoms with Gasteiger partial charge in [-0.05, 0) is 42.3 Å². The molecule has 0 saturated carbocycles. The van der Waals surface area contributed by atoms with Gasteiger partial charge in [-0.1, -0.05) is 72.3 Å². The number of pyridine rings is 1. The van der Waals surface area contributed by atoms with Crippen LogP contribution in [-0.4, -0.2) is 15.0 Å². The second-order valence-electron chi connectivity index (χ2n) is 6.96. The van der Waals surface area contributed by atoms with Gasteiger partial charge in [0.2, 0.25) is 0 Å². The van der Waals surface area contributed by atoms with E-state index in [-0.39, 0.29) is 0 Å². The number of nitrogens with zero attached hydrogens (tertiary/aromatic N) is 2. The Hall–Kier alpha value is -3.72. The molecule has 0 amide bonds. The SMILES string of the molecule is Cc1ccc(-c2cc(-c3ccccc3)nc(-c3nc4ccccc4[nH]3)c2)cc1. The lowest BCUT2D eigenvalue weighted by Gasteiger charge is -2.09. The molecule has 2 heterocycles. The Morgan fingerprint density at radius 1 is 0.607 bits per heavy atom. The molecule has 0 spiro atoms. The predicted molar refractivity (Wildman–Crippen MR) is 115 cm³/mol. The van der Waals surface area contributed by atoms with Crippen molar-refractivity contribution in [3.63, 3.8) is 0 Å². The lowest BCUT2D eigenvalue weighted by atomic mass is 10.0. The van der Waals surface area contributed by atoms with E-state index in [0.717, 1.165) is 39.4 Å². The van der Waals surface area contributed by atoms with Crippen molar-refractivity contribution in [1.29, 1.82) is 0 Å². The third kappa shape index (κ3) is 3.08. The molecule has 5 rings (SSSR count). The molecule has 28 heavy (non-hydrogen) atoms. The van der Waals surface area contributed by atoms with E-state index in [1.54, 1.807) is 0 Å². The van der Waals surface area contributed by atoms with Crippen LogP contribution in [0.15, 0.2) is 91.0 Å². The summed E-state index contributed by atoms with van der Waals surface area (Å²) in [6.45, 7) is 2.10. The Labute approximate surface area is 163 Å². The first-order chi connectivity index (χ1) is 13.8. The van der Waals surface area contributed by atoms with E-state index in [2.05, 4.69) is 60.4 Å². The van der Waals surface area contributed by atoms with Gasteiger partial charge in [0.05, 0.1) is 16.7 Å². The molecule has 5 aromatic rings. The first-order valence-electron chi connectivity index (χ1n) is 9.36. The zero-order chi connectivity index (χ0) is 18.9. The van der Waals surface area contributed by atoms with Gasteiger partial charge in [0.1, 0.15) is 5.69 Å². The molecular formula is C25H19N3. The van der Waals surface area contributed by atoms with E-state index in [1.165, 1.54) is 11.1 Å². The van der Waals surface area contributed by atoms with Crippen LogP contribution in [0.5, 0.6) is 0 Å². The number of aryl methyl sites for hydroxylation is 1. The maximum absolute atomic E-state index is 4.92. The highest BCUT2D eigenvalue weighted by Crippen LogP contribution is 2.30. The molecule has 0 bridgehead atoms. The number of aromatic amines is 1. The number of nitrogens with one attached hydrogen (secondary N) is 1. The van der Waals surface area contributed by atoms with Crippen molar-refractivity contribution in [2.45, 2.75) is 6.92 Å². The van der Waals surface area contributed by atoms with Crippen LogP contribution < -0.4 is 0 Å². The number of fused-ring (bicyclic) bond motifs is 1. The molecular weight excluding hydrogens is 342 g/mol. The van der Waals surface area contributed by atoms with Crippen LogP contribution in [0.4, 0.5) is 0 Å². The summed E-state index contributed by atoms with van der Waals surface area (Å²) >= 11 is 0. The van der Waals surface area contributed by atoms with Crippen molar-refractivity contribution in [1.82, 2.24) is 15.0 Å². The third-order valence-corrected chi connectivity index (χ3v) is 4.91. The highest BCUT2D eigenvalue weighted by molar-refractivity contribution is 5.81. The summed E-state index contributed by atoms with van der Waals surface area (Å²) < 4.78 is 0. The summed E-state index contributed by atoms with van der Waals surface area (Å²) in [7, 11) is 0. The molecule has 0 aliphatic rings. The van der Waals surface area contributed by atoms with Crippen molar-refractivity contribution < 1.29 is 0 Å². The fraction of sp³-hybridized carbons (Fsp3) is 0.0400. The van der Waals surface area contributed by atoms with E-state index in [1.807, 2.05) is 42.5 Å². The summed E-state index contributed by atoms with van der Waals surface area (Å²) in [6, 6.07) is 31.2. The van der Waals surface area contributed by atoms with Crippen molar-refractivity contribution >= 4 is 11.0 Å². The zero-order valence-corrected chi connectivity index (χ0v) is 15.6. The van der Waals surface area contributed by atoms with Gasteiger partial charge >= 0.3 is 0 Å². The van der Waals surface area contributed by atoms with Crippen molar-refractivity contribution in [3.8, 4) is 33.9 Å². The summed E-state index contributed by atoms with van der Waals surface area (Å²) in [5, 5.41) is 0. The summed E-state index contributed by atoms with van der Waals surface area (Å²) in [6.07, 6.45) is 0. The van der Waals surface area contributed by atoms with E-state index in [4.69, 9.17) is 9.97 Å². The summed E-state index contributed by atoms with van der Waals surface area (Å²) in [4.78, 5) is 13.1. The largest absolute Gasteiger partial charge is 0.337 e. The molecule has 3 nitrogen and oxygen atoms in total. The van der Waals surface area contributed by atoms with Gasteiger partial charge in [-0.3, -0.25) is 0 Å². The highest BCUT2D eigenvalue weighted by atomic mass is 14.9. The van der Waals surface area contributed by atoms with Crippen molar-refractivity contribution in [2.75, 3.05) is 0 Å². The number of aromatic nitrogens is 3. The topological polar surface area (TPSA) is 41.6 Å². The zero-order valence-electron chi connectivity index (χ0n) is 15.6. The molecule has 0 aliphatic heterocycles. The molecule has 0 saturated heterocycles. The lowest BCUT2D eigenvalue weighted by molar-refractivity contribution is 1.24. The standard InChI is InChI=1S/C25H19N3/c1-17-11-13-18(14-12-17)20-15-23(19-7-3-2-4-8-19)26-24(16-20)25-27-21-9-5-6-10-22(21)28-25/h2-16H,1H3,(H,27,28). The summed E-state index contributed by atoms with van der Waals surface area (Å²) in [5.74, 6) is 0.785. The van der Waals surface area contributed by atoms with Crippen LogP contribution >= 0.6 is 0 Å². The average molecular weight is 361 g/mol. The van der Waals surface area contributed by atoms with Crippen molar-refractivity contribution in [3.05, 3.63) is 96.6 Å². The molecule has 134 valence electrons. The van der Waals surface area contributed by atoms with Crippen LogP contribution in [0.1, 0.15) is 5.56 Å². The minimum Gasteiger partial charge on any atom is -0.337 e. The predicted octanol–water partition coefficient (Wildman–Crippen LogP) is 6.27. The van der Waals surface area contributed by atoms with Gasteiger partial charge in [0, 0.05) is 5.56 Å². The molecule has 1 N–H and O–H groups in total. The molecule has 0 aliphatic carbocycles. The van der Waals surface area contributed by atoms with Crippen LogP contribution in [-0.2, 0) is 0 Å². The molecule has 3 heteroatoms. The average Bonchev–Trinajstić information content (AvgIpc) is 3.19. The fourth-order valence-corrected chi connectivity index (χ4v) is 3.40. The number of rotatable bonds is 3. The second-order valence-corrected chi connectivity index (χ2v) is 6.96. The van der Waals surface area contributed by atoms with Crippen LogP contribution in [0, 0.1) is 6.92 Å². The number of H-pyrrole nitrogens is 1. The first-order valence-corrected chi connectivity index (χ1v) is 9.36. The molecule has 0 radical (unpaired) electrons. The normalized spacial score (nSPS) is 11.0. The Balaban J connectivity index is 1.71. The molecule has 0 atom stereocenters. The Morgan fingerprint density at radius 3 is 2.11 bits per heavy atom. The van der Waals surface area contributed by atoms with Gasteiger partial charge in [0.15, 0.2) is 5.82 Å². The summed E-state index contributed by atoms with van der Waals surface area (Å²) in [5.41, 5.74) is 8.38. The molecule has 0 fully saturated rings. The minimum absolute atomic E-state index is 0.785. The van der Waals surface area contributed by atoms with E-state index in [9.17, 15) is 0 Å². The number of imidazole rings is 1. The van der Waals surface area contributed by atoms with Crippen LogP contribution in [0.25, 0.3) is 44.9 Å². The van der Waals surface area contributed by atoms with E-state index < -0.39 is 0 Å². The van der Waals surface area contributed by atoms with E-state index in [0.29, 0.717) is 0 Å². The fourth-order valence-electron chi connectivity index (χ4n) is 3.40. The minimum atomic E-state index is 0.785. The highest BCUT2D eigenvalue weighted by Gasteiger charge is 2.12. The van der Waals surface area contributed by atoms with Crippen molar-refractivity contribution in [2.24, 2.45) is 0 Å². The number of para-hydroxylation sites is 2. The number of hydrogen-bond donors (Lipinski definition) is 1. The maximum Gasteiger partial charge on any atom is 0.157 e. The maximum atomic E-state index is 4.92. The van der Waals surface area contributed by atoms with Crippen LogP contribution in [0.3, 0.4) is 0 Å². The van der Waals surface area contributed by atoms with Gasteiger partial charge in [-0.2, -0.15) is 0 Å². The number of hydrogen-bond acceptors (Lipinski definition) is 2. The quantitative estimate of drug-likeness (QED) is 0.411. The lowest BCUT2D eigenvalue weighted by Crippen LogP contribution is -1.92. The molecule has 3 aromatic carbocycles. The molecule has 0 unspecified atom stereocenters. The van der Waals surface area contributed by atoms with Gasteiger partial charge in [-0.15, -0.1) is 0 Å². The van der Waals surface area contributed by atoms with Crippen LogP contribution in [0.2, 0.25) is 0 Å².